The molecule has 4 rings (SSSR count). The van der Waals surface area contributed by atoms with Crippen molar-refractivity contribution in [1.82, 2.24) is 4.57 Å². The quantitative estimate of drug-likeness (QED) is 0.360. The monoisotopic (exact) mass is 391 g/mol. The number of thioether (sulfide) groups is 1. The van der Waals surface area contributed by atoms with Crippen LogP contribution in [0.15, 0.2) is 65.6 Å². The predicted octanol–water partition coefficient (Wildman–Crippen LogP) is 5.51. The fourth-order valence-electron chi connectivity index (χ4n) is 3.62. The third-order valence-corrected chi connectivity index (χ3v) is 5.91. The van der Waals surface area contributed by atoms with Crippen LogP contribution in [0.25, 0.3) is 21.7 Å². The van der Waals surface area contributed by atoms with E-state index in [2.05, 4.69) is 16.7 Å². The lowest BCUT2D eigenvalue weighted by atomic mass is 10.0. The first-order valence-corrected chi connectivity index (χ1v) is 10.2. The number of rotatable bonds is 5. The van der Waals surface area contributed by atoms with Crippen LogP contribution >= 0.6 is 11.8 Å². The number of phenols is 1. The van der Waals surface area contributed by atoms with E-state index in [9.17, 15) is 9.90 Å². The Labute approximate surface area is 167 Å². The molecule has 0 unspecified atom stereocenters. The minimum atomic E-state index is -0.355. The van der Waals surface area contributed by atoms with Gasteiger partial charge in [0, 0.05) is 39.5 Å². The highest BCUT2D eigenvalue weighted by Crippen LogP contribution is 2.38. The SMILES string of the molecule is CCOC(=O)c1c(CSc2ccccc2)n(C)c2c1cc(O)c1ccccc12. The molecule has 4 aromatic rings. The molecule has 28 heavy (non-hydrogen) atoms. The highest BCUT2D eigenvalue weighted by Gasteiger charge is 2.24. The molecular weight excluding hydrogens is 370 g/mol. The van der Waals surface area contributed by atoms with Crippen LogP contribution in [0, 0.1) is 0 Å². The van der Waals surface area contributed by atoms with E-state index in [1.165, 1.54) is 0 Å². The molecule has 5 heteroatoms. The van der Waals surface area contributed by atoms with Gasteiger partial charge in [-0.05, 0) is 25.1 Å². The molecule has 0 atom stereocenters. The molecule has 0 aliphatic rings. The number of aromatic nitrogens is 1. The van der Waals surface area contributed by atoms with Crippen LogP contribution in [0.4, 0.5) is 0 Å². The van der Waals surface area contributed by atoms with Gasteiger partial charge in [0.15, 0.2) is 0 Å². The van der Waals surface area contributed by atoms with E-state index in [1.54, 1.807) is 24.8 Å². The van der Waals surface area contributed by atoms with Gasteiger partial charge in [-0.3, -0.25) is 0 Å². The molecule has 1 heterocycles. The number of benzene rings is 3. The summed E-state index contributed by atoms with van der Waals surface area (Å²) in [4.78, 5) is 14.0. The summed E-state index contributed by atoms with van der Waals surface area (Å²) >= 11 is 1.67. The second kappa shape index (κ2) is 7.60. The van der Waals surface area contributed by atoms with E-state index >= 15 is 0 Å². The van der Waals surface area contributed by atoms with Gasteiger partial charge in [0.2, 0.25) is 0 Å². The summed E-state index contributed by atoms with van der Waals surface area (Å²) in [6, 6.07) is 19.5. The van der Waals surface area contributed by atoms with Gasteiger partial charge in [0.25, 0.3) is 0 Å². The number of esters is 1. The molecular formula is C23H21NO3S. The minimum absolute atomic E-state index is 0.168. The van der Waals surface area contributed by atoms with Crippen molar-refractivity contribution in [2.45, 2.75) is 17.6 Å². The Hall–Kier alpha value is -2.92. The number of phenolic OH excluding ortho intramolecular Hbond substituents is 1. The highest BCUT2D eigenvalue weighted by molar-refractivity contribution is 7.98. The smallest absolute Gasteiger partial charge is 0.340 e. The van der Waals surface area contributed by atoms with E-state index in [-0.39, 0.29) is 11.7 Å². The van der Waals surface area contributed by atoms with Crippen molar-refractivity contribution in [2.75, 3.05) is 6.61 Å². The van der Waals surface area contributed by atoms with Gasteiger partial charge in [-0.15, -0.1) is 11.8 Å². The lowest BCUT2D eigenvalue weighted by Crippen LogP contribution is -2.08. The molecule has 4 nitrogen and oxygen atoms in total. The molecule has 0 saturated heterocycles. The number of ether oxygens (including phenoxy) is 1. The standard InChI is InChI=1S/C23H21NO3S/c1-3-27-23(26)21-18-13-20(25)16-11-7-8-12-17(16)22(18)24(2)19(21)14-28-15-9-5-4-6-10-15/h4-13,25H,3,14H2,1-2H3. The molecule has 3 aromatic carbocycles. The third-order valence-electron chi connectivity index (χ3n) is 4.89. The molecule has 0 bridgehead atoms. The van der Waals surface area contributed by atoms with Gasteiger partial charge in [-0.2, -0.15) is 0 Å². The normalized spacial score (nSPS) is 11.2. The molecule has 0 fully saturated rings. The molecule has 1 N–H and O–H groups in total. The third kappa shape index (κ3) is 3.12. The fourth-order valence-corrected chi connectivity index (χ4v) is 4.61. The highest BCUT2D eigenvalue weighted by atomic mass is 32.2. The maximum absolute atomic E-state index is 12.8. The van der Waals surface area contributed by atoms with Gasteiger partial charge in [-0.25, -0.2) is 4.79 Å². The Bertz CT molecular complexity index is 1170. The topological polar surface area (TPSA) is 51.5 Å². The van der Waals surface area contributed by atoms with E-state index in [1.807, 2.05) is 49.5 Å². The van der Waals surface area contributed by atoms with Crippen molar-refractivity contribution >= 4 is 39.4 Å². The van der Waals surface area contributed by atoms with Crippen LogP contribution in [-0.4, -0.2) is 22.2 Å². The zero-order valence-electron chi connectivity index (χ0n) is 15.8. The molecule has 0 amide bonds. The van der Waals surface area contributed by atoms with Crippen LogP contribution in [0.1, 0.15) is 23.0 Å². The van der Waals surface area contributed by atoms with Crippen LogP contribution in [0.3, 0.4) is 0 Å². The van der Waals surface area contributed by atoms with Crippen LogP contribution in [0.2, 0.25) is 0 Å². The Balaban J connectivity index is 1.94. The molecule has 0 saturated carbocycles. The minimum Gasteiger partial charge on any atom is -0.507 e. The van der Waals surface area contributed by atoms with Crippen molar-refractivity contribution in [3.63, 3.8) is 0 Å². The Morgan fingerprint density at radius 1 is 1.04 bits per heavy atom. The lowest BCUT2D eigenvalue weighted by molar-refractivity contribution is 0.0527. The zero-order chi connectivity index (χ0) is 19.7. The number of fused-ring (bicyclic) bond motifs is 3. The number of nitrogens with zero attached hydrogens (tertiary/aromatic N) is 1. The Morgan fingerprint density at radius 2 is 1.71 bits per heavy atom. The van der Waals surface area contributed by atoms with E-state index < -0.39 is 0 Å². The maximum atomic E-state index is 12.8. The van der Waals surface area contributed by atoms with Crippen molar-refractivity contribution in [1.29, 1.82) is 0 Å². The molecule has 0 radical (unpaired) electrons. The average molecular weight is 391 g/mol. The fraction of sp³-hybridized carbons (Fsp3) is 0.174. The maximum Gasteiger partial charge on any atom is 0.340 e. The second-order valence-electron chi connectivity index (χ2n) is 6.54. The largest absolute Gasteiger partial charge is 0.507 e. The first kappa shape index (κ1) is 18.4. The van der Waals surface area contributed by atoms with Crippen molar-refractivity contribution in [3.05, 3.63) is 71.9 Å². The van der Waals surface area contributed by atoms with Crippen molar-refractivity contribution in [3.8, 4) is 5.75 Å². The first-order chi connectivity index (χ1) is 13.6. The summed E-state index contributed by atoms with van der Waals surface area (Å²) in [6.07, 6.45) is 0. The number of aryl methyl sites for hydroxylation is 1. The summed E-state index contributed by atoms with van der Waals surface area (Å²) in [5.74, 6) is 0.436. The summed E-state index contributed by atoms with van der Waals surface area (Å²) in [5, 5.41) is 13.0. The Morgan fingerprint density at radius 3 is 2.43 bits per heavy atom. The van der Waals surface area contributed by atoms with Crippen molar-refractivity contribution < 1.29 is 14.6 Å². The lowest BCUT2D eigenvalue weighted by Gasteiger charge is -2.08. The first-order valence-electron chi connectivity index (χ1n) is 9.18. The van der Waals surface area contributed by atoms with E-state index in [4.69, 9.17) is 4.74 Å². The molecule has 0 spiro atoms. The van der Waals surface area contributed by atoms with Gasteiger partial charge < -0.3 is 14.4 Å². The zero-order valence-corrected chi connectivity index (χ0v) is 16.6. The second-order valence-corrected chi connectivity index (χ2v) is 7.59. The number of hydrogen-bond donors (Lipinski definition) is 1. The molecule has 0 aliphatic carbocycles. The molecule has 1 aromatic heterocycles. The number of hydrogen-bond acceptors (Lipinski definition) is 4. The van der Waals surface area contributed by atoms with E-state index in [0.717, 1.165) is 32.3 Å². The Kier molecular flexibility index (Phi) is 5.01. The number of carbonyl (C=O) groups excluding carboxylic acids is 1. The van der Waals surface area contributed by atoms with Crippen LogP contribution in [-0.2, 0) is 17.5 Å². The van der Waals surface area contributed by atoms with E-state index in [0.29, 0.717) is 17.9 Å². The van der Waals surface area contributed by atoms with Gasteiger partial charge in [-0.1, -0.05) is 42.5 Å². The molecule has 142 valence electrons. The van der Waals surface area contributed by atoms with Gasteiger partial charge >= 0.3 is 5.97 Å². The number of carbonyl (C=O) groups is 1. The number of aromatic hydroxyl groups is 1. The predicted molar refractivity (Wildman–Crippen MR) is 114 cm³/mol. The van der Waals surface area contributed by atoms with Gasteiger partial charge in [0.05, 0.1) is 17.7 Å². The van der Waals surface area contributed by atoms with Crippen LogP contribution in [0.5, 0.6) is 5.75 Å². The summed E-state index contributed by atoms with van der Waals surface area (Å²) in [5.41, 5.74) is 2.35. The average Bonchev–Trinajstić information content (AvgIpc) is 2.99. The van der Waals surface area contributed by atoms with Crippen molar-refractivity contribution in [2.24, 2.45) is 7.05 Å². The summed E-state index contributed by atoms with van der Waals surface area (Å²) in [6.45, 7) is 2.11. The van der Waals surface area contributed by atoms with Crippen LogP contribution < -0.4 is 0 Å². The summed E-state index contributed by atoms with van der Waals surface area (Å²) in [7, 11) is 1.97. The molecule has 0 aliphatic heterocycles. The summed E-state index contributed by atoms with van der Waals surface area (Å²) < 4.78 is 7.41. The van der Waals surface area contributed by atoms with Gasteiger partial charge in [0.1, 0.15) is 5.75 Å².